The van der Waals surface area contributed by atoms with Crippen LogP contribution in [0.15, 0.2) is 91.1 Å². The third-order valence-corrected chi connectivity index (χ3v) is 7.50. The van der Waals surface area contributed by atoms with Gasteiger partial charge in [0.05, 0.1) is 22.4 Å². The van der Waals surface area contributed by atoms with Gasteiger partial charge in [0.2, 0.25) is 0 Å². The Morgan fingerprint density at radius 1 is 0.932 bits per heavy atom. The summed E-state index contributed by atoms with van der Waals surface area (Å²) < 4.78 is 15.0. The maximum absolute atomic E-state index is 12.8. The van der Waals surface area contributed by atoms with Gasteiger partial charge in [-0.1, -0.05) is 36.4 Å². The van der Waals surface area contributed by atoms with E-state index in [0.717, 1.165) is 58.4 Å². The molecule has 9 nitrogen and oxygen atoms in total. The number of halogens is 1. The first kappa shape index (κ1) is 28.2. The zero-order valence-electron chi connectivity index (χ0n) is 23.4. The molecule has 6 aromatic rings. The van der Waals surface area contributed by atoms with Crippen molar-refractivity contribution in [2.45, 2.75) is 19.3 Å². The second-order valence-corrected chi connectivity index (χ2v) is 10.3. The Kier molecular flexibility index (Phi) is 7.55. The van der Waals surface area contributed by atoms with Crippen LogP contribution in [0, 0.1) is 5.82 Å². The van der Waals surface area contributed by atoms with Gasteiger partial charge < -0.3 is 16.6 Å². The highest BCUT2D eigenvalue weighted by molar-refractivity contribution is 5.95. The van der Waals surface area contributed by atoms with E-state index in [1.807, 2.05) is 42.5 Å². The van der Waals surface area contributed by atoms with Gasteiger partial charge in [0.25, 0.3) is 5.91 Å². The number of amides is 1. The summed E-state index contributed by atoms with van der Waals surface area (Å²) in [6, 6.07) is 26.4. The van der Waals surface area contributed by atoms with E-state index in [9.17, 15) is 14.0 Å². The molecule has 0 saturated carbocycles. The molecule has 0 radical (unpaired) electrons. The van der Waals surface area contributed by atoms with E-state index in [1.165, 1.54) is 17.5 Å². The van der Waals surface area contributed by atoms with Gasteiger partial charge >= 0.3 is 0 Å². The number of hydrogen-bond donors (Lipinski definition) is 3. The number of fused-ring (bicyclic) bond motifs is 2. The number of primary amides is 1. The molecule has 0 saturated heterocycles. The summed E-state index contributed by atoms with van der Waals surface area (Å²) in [5.41, 5.74) is 18.8. The molecule has 3 aromatic carbocycles. The van der Waals surface area contributed by atoms with Crippen molar-refractivity contribution in [2.24, 2.45) is 5.73 Å². The molecule has 5 N–H and O–H groups in total. The number of rotatable bonds is 5. The van der Waals surface area contributed by atoms with Gasteiger partial charge in [-0.15, -0.1) is 0 Å². The van der Waals surface area contributed by atoms with Crippen LogP contribution in [-0.4, -0.2) is 36.8 Å². The van der Waals surface area contributed by atoms with Crippen LogP contribution >= 0.6 is 0 Å². The second kappa shape index (κ2) is 11.8. The summed E-state index contributed by atoms with van der Waals surface area (Å²) in [5.74, 6) is -1.23. The third-order valence-electron chi connectivity index (χ3n) is 7.50. The Morgan fingerprint density at radius 2 is 1.73 bits per heavy atom. The number of imidazole rings is 1. The van der Waals surface area contributed by atoms with Crippen molar-refractivity contribution >= 4 is 29.2 Å². The number of hydrogen-bond acceptors (Lipinski definition) is 7. The fourth-order valence-electron chi connectivity index (χ4n) is 5.32. The first-order valence-corrected chi connectivity index (χ1v) is 13.9. The molecule has 10 heteroatoms. The predicted octanol–water partition coefficient (Wildman–Crippen LogP) is 5.66. The molecule has 7 rings (SSSR count). The standard InChI is InChI=1S/C26H21N5.C8H6FNO3/c27-24-21(10-5-15-28-24)25-30-23-14-13-22(18-6-2-1-3-7-18)29-26(23)31(25)20-12-11-17-8-4-9-19(17)16-20;9-6-2-7(12)4(3-11)1-5(6)8(10)13/h1-3,5-7,10-16H,4,8-9H2,(H2,27,28);1-3,12H,(H2,10,13). The van der Waals surface area contributed by atoms with Crippen LogP contribution in [0.25, 0.3) is 39.5 Å². The van der Waals surface area contributed by atoms with Gasteiger partial charge in [-0.2, -0.15) is 0 Å². The van der Waals surface area contributed by atoms with Gasteiger partial charge in [0, 0.05) is 23.5 Å². The molecule has 3 heterocycles. The number of phenolic OH excluding ortho intramolecular Hbond substituents is 1. The molecule has 1 aliphatic rings. The highest BCUT2D eigenvalue weighted by Gasteiger charge is 2.20. The number of carbonyl (C=O) groups is 2. The number of anilines is 1. The summed E-state index contributed by atoms with van der Waals surface area (Å²) in [4.78, 5) is 35.1. The molecule has 1 amide bonds. The van der Waals surface area contributed by atoms with E-state index in [4.69, 9.17) is 26.5 Å². The van der Waals surface area contributed by atoms with E-state index in [0.29, 0.717) is 18.2 Å². The van der Waals surface area contributed by atoms with Crippen molar-refractivity contribution < 1.29 is 19.1 Å². The number of nitrogens with zero attached hydrogens (tertiary/aromatic N) is 4. The molecule has 44 heavy (non-hydrogen) atoms. The largest absolute Gasteiger partial charge is 0.507 e. The Morgan fingerprint density at radius 3 is 2.48 bits per heavy atom. The molecule has 1 aliphatic carbocycles. The minimum Gasteiger partial charge on any atom is -0.507 e. The van der Waals surface area contributed by atoms with Crippen molar-refractivity contribution in [3.05, 3.63) is 119 Å². The van der Waals surface area contributed by atoms with E-state index >= 15 is 0 Å². The molecular formula is C34H27FN6O3. The second-order valence-electron chi connectivity index (χ2n) is 10.3. The molecule has 0 spiro atoms. The van der Waals surface area contributed by atoms with Crippen LogP contribution in [0.3, 0.4) is 0 Å². The molecule has 218 valence electrons. The van der Waals surface area contributed by atoms with Crippen molar-refractivity contribution in [3.8, 4) is 34.1 Å². The summed E-state index contributed by atoms with van der Waals surface area (Å²) >= 11 is 0. The van der Waals surface area contributed by atoms with E-state index in [-0.39, 0.29) is 5.56 Å². The molecule has 3 aromatic heterocycles. The normalized spacial score (nSPS) is 11.9. The van der Waals surface area contributed by atoms with Crippen molar-refractivity contribution in [3.63, 3.8) is 0 Å². The van der Waals surface area contributed by atoms with Gasteiger partial charge in [-0.05, 0) is 72.9 Å². The monoisotopic (exact) mass is 586 g/mol. The van der Waals surface area contributed by atoms with Crippen molar-refractivity contribution in [2.75, 3.05) is 5.73 Å². The topological polar surface area (TPSA) is 150 Å². The number of aldehydes is 1. The number of nitrogen functional groups attached to an aromatic ring is 1. The number of phenols is 1. The minimum absolute atomic E-state index is 0.171. The van der Waals surface area contributed by atoms with Gasteiger partial charge in [-0.3, -0.25) is 14.2 Å². The van der Waals surface area contributed by atoms with Crippen LogP contribution < -0.4 is 11.5 Å². The predicted molar refractivity (Wildman–Crippen MR) is 166 cm³/mol. The van der Waals surface area contributed by atoms with E-state index in [2.05, 4.69) is 39.9 Å². The first-order valence-electron chi connectivity index (χ1n) is 13.9. The highest BCUT2D eigenvalue weighted by atomic mass is 19.1. The number of pyridine rings is 2. The number of aromatic hydroxyl groups is 1. The maximum Gasteiger partial charge on any atom is 0.251 e. The zero-order valence-corrected chi connectivity index (χ0v) is 23.4. The quantitative estimate of drug-likeness (QED) is 0.221. The Balaban J connectivity index is 0.000000223. The summed E-state index contributed by atoms with van der Waals surface area (Å²) in [6.07, 6.45) is 5.48. The molecule has 0 bridgehead atoms. The number of carbonyl (C=O) groups excluding carboxylic acids is 2. The summed E-state index contributed by atoms with van der Waals surface area (Å²) in [5, 5.41) is 8.97. The Hall–Kier alpha value is -5.90. The number of aryl methyl sites for hydroxylation is 2. The van der Waals surface area contributed by atoms with E-state index < -0.39 is 23.0 Å². The van der Waals surface area contributed by atoms with E-state index in [1.54, 1.807) is 6.20 Å². The Bertz CT molecular complexity index is 2040. The average molecular weight is 587 g/mol. The molecule has 0 atom stereocenters. The summed E-state index contributed by atoms with van der Waals surface area (Å²) in [6.45, 7) is 0. The van der Waals surface area contributed by atoms with Crippen molar-refractivity contribution in [1.82, 2.24) is 19.5 Å². The van der Waals surface area contributed by atoms with Crippen LogP contribution in [0.2, 0.25) is 0 Å². The number of nitrogens with two attached hydrogens (primary N) is 2. The maximum atomic E-state index is 12.8. The molecule has 0 fully saturated rings. The lowest BCUT2D eigenvalue weighted by molar-refractivity contribution is 0.0996. The first-order chi connectivity index (χ1) is 21.3. The Labute approximate surface area is 251 Å². The lowest BCUT2D eigenvalue weighted by Gasteiger charge is -2.12. The van der Waals surface area contributed by atoms with Crippen LogP contribution in [0.1, 0.15) is 38.3 Å². The smallest absolute Gasteiger partial charge is 0.251 e. The lowest BCUT2D eigenvalue weighted by atomic mass is 10.1. The van der Waals surface area contributed by atoms with Gasteiger partial charge in [-0.25, -0.2) is 19.3 Å². The van der Waals surface area contributed by atoms with Crippen molar-refractivity contribution in [1.29, 1.82) is 0 Å². The fraction of sp³-hybridized carbons (Fsp3) is 0.0882. The zero-order chi connectivity index (χ0) is 30.8. The number of benzene rings is 3. The number of aromatic nitrogens is 4. The molecule has 0 unspecified atom stereocenters. The summed E-state index contributed by atoms with van der Waals surface area (Å²) in [7, 11) is 0. The van der Waals surface area contributed by atoms with Crippen LogP contribution in [0.5, 0.6) is 5.75 Å². The molecule has 0 aliphatic heterocycles. The van der Waals surface area contributed by atoms with Gasteiger partial charge in [0.15, 0.2) is 17.8 Å². The lowest BCUT2D eigenvalue weighted by Crippen LogP contribution is -2.13. The van der Waals surface area contributed by atoms with Crippen LogP contribution in [0.4, 0.5) is 10.2 Å². The third kappa shape index (κ3) is 5.36. The van der Waals surface area contributed by atoms with Crippen LogP contribution in [-0.2, 0) is 12.8 Å². The molecular weight excluding hydrogens is 559 g/mol. The minimum atomic E-state index is -0.986. The highest BCUT2D eigenvalue weighted by Crippen LogP contribution is 2.33. The van der Waals surface area contributed by atoms with Gasteiger partial charge in [0.1, 0.15) is 22.9 Å². The fourth-order valence-corrected chi connectivity index (χ4v) is 5.32. The average Bonchev–Trinajstić information content (AvgIpc) is 3.66. The SMILES string of the molecule is NC(=O)c1cc(C=O)c(O)cc1F.Nc1ncccc1-c1nc2ccc(-c3ccccc3)nc2n1-c1ccc2c(c1)CCC2.